The third-order valence-electron chi connectivity index (χ3n) is 5.47. The lowest BCUT2D eigenvalue weighted by atomic mass is 9.67. The Hall–Kier alpha value is -2.14. The average molecular weight is 325 g/mol. The number of carbonyl (C=O) groups is 1. The summed E-state index contributed by atoms with van der Waals surface area (Å²) in [6.45, 7) is 0. The van der Waals surface area contributed by atoms with Crippen LogP contribution >= 0.6 is 0 Å². The zero-order chi connectivity index (χ0) is 16.5. The molecular formula is C19H23N3O2. The summed E-state index contributed by atoms with van der Waals surface area (Å²) in [7, 11) is 0. The smallest absolute Gasteiger partial charge is 0.227 e. The molecule has 1 heterocycles. The van der Waals surface area contributed by atoms with E-state index in [0.29, 0.717) is 11.8 Å². The molecule has 0 saturated heterocycles. The molecule has 0 spiro atoms. The van der Waals surface area contributed by atoms with Crippen molar-refractivity contribution in [2.75, 3.05) is 5.32 Å². The minimum Gasteiger partial charge on any atom is -0.393 e. The van der Waals surface area contributed by atoms with E-state index < -0.39 is 0 Å². The van der Waals surface area contributed by atoms with Crippen LogP contribution in [0.4, 0.5) is 5.69 Å². The van der Waals surface area contributed by atoms with E-state index in [2.05, 4.69) is 15.5 Å². The molecule has 2 aromatic rings. The maximum atomic E-state index is 12.6. The molecule has 5 heteroatoms. The molecule has 2 aliphatic rings. The summed E-state index contributed by atoms with van der Waals surface area (Å²) in [4.78, 5) is 12.6. The summed E-state index contributed by atoms with van der Waals surface area (Å²) >= 11 is 0. The number of aromatic amines is 1. The fraction of sp³-hybridized carbons (Fsp3) is 0.474. The molecule has 1 aromatic carbocycles. The van der Waals surface area contributed by atoms with Crippen LogP contribution < -0.4 is 5.32 Å². The number of H-pyrrole nitrogens is 1. The third kappa shape index (κ3) is 3.22. The number of aromatic nitrogens is 2. The average Bonchev–Trinajstić information content (AvgIpc) is 3.09. The number of rotatable bonds is 3. The van der Waals surface area contributed by atoms with Crippen LogP contribution in [0.2, 0.25) is 0 Å². The van der Waals surface area contributed by atoms with Gasteiger partial charge in [-0.1, -0.05) is 12.1 Å². The maximum Gasteiger partial charge on any atom is 0.227 e. The van der Waals surface area contributed by atoms with Crippen LogP contribution in [-0.4, -0.2) is 27.3 Å². The van der Waals surface area contributed by atoms with Gasteiger partial charge in [-0.15, -0.1) is 0 Å². The molecule has 0 aliphatic heterocycles. The first-order valence-corrected chi connectivity index (χ1v) is 8.75. The summed E-state index contributed by atoms with van der Waals surface area (Å²) in [5, 5.41) is 19.7. The predicted octanol–water partition coefficient (Wildman–Crippen LogP) is 3.20. The second-order valence-electron chi connectivity index (χ2n) is 7.31. The van der Waals surface area contributed by atoms with Crippen molar-refractivity contribution in [2.45, 2.75) is 38.2 Å². The van der Waals surface area contributed by atoms with E-state index >= 15 is 0 Å². The predicted molar refractivity (Wildman–Crippen MR) is 92.2 cm³/mol. The molecule has 2 bridgehead atoms. The highest BCUT2D eigenvalue weighted by Gasteiger charge is 2.37. The highest BCUT2D eigenvalue weighted by atomic mass is 16.3. The van der Waals surface area contributed by atoms with Crippen LogP contribution in [0.15, 0.2) is 36.7 Å². The van der Waals surface area contributed by atoms with Gasteiger partial charge in [-0.3, -0.25) is 9.89 Å². The molecule has 4 rings (SSSR count). The van der Waals surface area contributed by atoms with Crippen molar-refractivity contribution in [3.05, 3.63) is 36.7 Å². The highest BCUT2D eigenvalue weighted by Crippen LogP contribution is 2.43. The van der Waals surface area contributed by atoms with Crippen molar-refractivity contribution in [3.8, 4) is 11.1 Å². The van der Waals surface area contributed by atoms with Gasteiger partial charge in [0.25, 0.3) is 0 Å². The summed E-state index contributed by atoms with van der Waals surface area (Å²) in [5.74, 6) is 1.21. The van der Waals surface area contributed by atoms with E-state index in [4.69, 9.17) is 0 Å². The minimum atomic E-state index is -0.159. The molecule has 2 unspecified atom stereocenters. The number of fused-ring (bicyclic) bond motifs is 2. The van der Waals surface area contributed by atoms with Gasteiger partial charge in [0.15, 0.2) is 0 Å². The number of anilines is 1. The zero-order valence-electron chi connectivity index (χ0n) is 13.6. The maximum absolute atomic E-state index is 12.6. The fourth-order valence-corrected chi connectivity index (χ4v) is 4.43. The second-order valence-corrected chi connectivity index (χ2v) is 7.31. The van der Waals surface area contributed by atoms with Gasteiger partial charge in [0.2, 0.25) is 5.91 Å². The van der Waals surface area contributed by atoms with Gasteiger partial charge in [-0.25, -0.2) is 0 Å². The van der Waals surface area contributed by atoms with Gasteiger partial charge in [0, 0.05) is 23.4 Å². The molecule has 2 fully saturated rings. The number of aliphatic hydroxyl groups is 1. The summed E-state index contributed by atoms with van der Waals surface area (Å²) in [6, 6.07) is 7.86. The number of nitrogens with one attached hydrogen (secondary N) is 2. The molecule has 24 heavy (non-hydrogen) atoms. The van der Waals surface area contributed by atoms with Gasteiger partial charge >= 0.3 is 0 Å². The van der Waals surface area contributed by atoms with E-state index in [1.54, 1.807) is 6.20 Å². The van der Waals surface area contributed by atoms with E-state index in [1.165, 1.54) is 6.42 Å². The minimum absolute atomic E-state index is 0.0785. The number of amides is 1. The number of hydrogen-bond donors (Lipinski definition) is 3. The first-order valence-electron chi connectivity index (χ1n) is 8.75. The number of hydrogen-bond acceptors (Lipinski definition) is 3. The molecular weight excluding hydrogens is 302 g/mol. The number of nitrogens with zero attached hydrogens (tertiary/aromatic N) is 1. The van der Waals surface area contributed by atoms with E-state index in [1.807, 2.05) is 30.5 Å². The topological polar surface area (TPSA) is 78.0 Å². The Kier molecular flexibility index (Phi) is 4.10. The van der Waals surface area contributed by atoms with Gasteiger partial charge < -0.3 is 10.4 Å². The standard InChI is InChI=1S/C19H23N3O2/c23-18-8-12-5-13(9-18)7-15(6-12)19(24)22-17-3-1-14(2-4-17)16-10-20-21-11-16/h1-4,10-13,15,18,23H,5-9H2,(H,20,21)(H,22,24)/t12-,13+,15?,18?. The second kappa shape index (κ2) is 6.40. The number of benzene rings is 1. The quantitative estimate of drug-likeness (QED) is 0.811. The van der Waals surface area contributed by atoms with Crippen molar-refractivity contribution in [2.24, 2.45) is 17.8 Å². The Bertz CT molecular complexity index is 678. The first kappa shape index (κ1) is 15.4. The largest absolute Gasteiger partial charge is 0.393 e. The third-order valence-corrected chi connectivity index (χ3v) is 5.47. The first-order chi connectivity index (χ1) is 11.7. The monoisotopic (exact) mass is 325 g/mol. The summed E-state index contributed by atoms with van der Waals surface area (Å²) in [5.41, 5.74) is 2.94. The molecule has 0 radical (unpaired) electrons. The Balaban J connectivity index is 1.39. The fourth-order valence-electron chi connectivity index (χ4n) is 4.43. The summed E-state index contributed by atoms with van der Waals surface area (Å²) < 4.78 is 0. The molecule has 126 valence electrons. The summed E-state index contributed by atoms with van der Waals surface area (Å²) in [6.07, 6.45) is 8.19. The van der Waals surface area contributed by atoms with Crippen LogP contribution in [0.3, 0.4) is 0 Å². The Labute approximate surface area is 141 Å². The molecule has 3 N–H and O–H groups in total. The van der Waals surface area contributed by atoms with Crippen LogP contribution in [0.5, 0.6) is 0 Å². The van der Waals surface area contributed by atoms with Crippen molar-refractivity contribution in [3.63, 3.8) is 0 Å². The van der Waals surface area contributed by atoms with Gasteiger partial charge in [-0.2, -0.15) is 5.10 Å². The van der Waals surface area contributed by atoms with Crippen LogP contribution in [0.25, 0.3) is 11.1 Å². The highest BCUT2D eigenvalue weighted by molar-refractivity contribution is 5.92. The van der Waals surface area contributed by atoms with Crippen molar-refractivity contribution < 1.29 is 9.90 Å². The van der Waals surface area contributed by atoms with Crippen LogP contribution in [-0.2, 0) is 4.79 Å². The van der Waals surface area contributed by atoms with Crippen molar-refractivity contribution >= 4 is 11.6 Å². The lowest BCUT2D eigenvalue weighted by Gasteiger charge is -2.40. The van der Waals surface area contributed by atoms with Gasteiger partial charge in [0.05, 0.1) is 12.3 Å². The lowest BCUT2D eigenvalue weighted by Crippen LogP contribution is -2.37. The van der Waals surface area contributed by atoms with E-state index in [-0.39, 0.29) is 17.9 Å². The molecule has 5 nitrogen and oxygen atoms in total. The SMILES string of the molecule is O=C(Nc1ccc(-c2cn[nH]c2)cc1)C1C[C@H]2CC(O)C[C@@H](C1)C2. The Morgan fingerprint density at radius 1 is 1.04 bits per heavy atom. The molecule has 1 amide bonds. The normalized spacial score (nSPS) is 29.2. The van der Waals surface area contributed by atoms with E-state index in [9.17, 15) is 9.90 Å². The van der Waals surface area contributed by atoms with Gasteiger partial charge in [0.1, 0.15) is 0 Å². The molecule has 4 atom stereocenters. The van der Waals surface area contributed by atoms with Crippen molar-refractivity contribution in [1.82, 2.24) is 10.2 Å². The number of aliphatic hydroxyl groups excluding tert-OH is 1. The molecule has 1 aromatic heterocycles. The van der Waals surface area contributed by atoms with Crippen LogP contribution in [0.1, 0.15) is 32.1 Å². The lowest BCUT2D eigenvalue weighted by molar-refractivity contribution is -0.123. The van der Waals surface area contributed by atoms with E-state index in [0.717, 1.165) is 42.5 Å². The number of carbonyl (C=O) groups excluding carboxylic acids is 1. The molecule has 2 saturated carbocycles. The molecule has 2 aliphatic carbocycles. The zero-order valence-corrected chi connectivity index (χ0v) is 13.6. The van der Waals surface area contributed by atoms with Gasteiger partial charge in [-0.05, 0) is 61.6 Å². The Morgan fingerprint density at radius 2 is 1.75 bits per heavy atom. The van der Waals surface area contributed by atoms with Crippen molar-refractivity contribution in [1.29, 1.82) is 0 Å². The Morgan fingerprint density at radius 3 is 2.38 bits per heavy atom. The van der Waals surface area contributed by atoms with Crippen LogP contribution in [0, 0.1) is 17.8 Å².